The van der Waals surface area contributed by atoms with Gasteiger partial charge >= 0.3 is 0 Å². The minimum absolute atomic E-state index is 0.0157. The van der Waals surface area contributed by atoms with Gasteiger partial charge in [-0.3, -0.25) is 4.79 Å². The van der Waals surface area contributed by atoms with Crippen LogP contribution in [0.3, 0.4) is 0 Å². The summed E-state index contributed by atoms with van der Waals surface area (Å²) < 4.78 is 4.82. The van der Waals surface area contributed by atoms with Crippen LogP contribution >= 0.6 is 23.2 Å². The van der Waals surface area contributed by atoms with Crippen molar-refractivity contribution in [2.75, 3.05) is 5.32 Å². The number of amides is 1. The first kappa shape index (κ1) is 12.5. The van der Waals surface area contributed by atoms with E-state index in [9.17, 15) is 4.79 Å². The zero-order valence-corrected chi connectivity index (χ0v) is 10.4. The van der Waals surface area contributed by atoms with Crippen LogP contribution in [0.5, 0.6) is 0 Å². The van der Waals surface area contributed by atoms with E-state index in [4.69, 9.17) is 32.9 Å². The van der Waals surface area contributed by atoms with Crippen molar-refractivity contribution in [3.8, 4) is 6.07 Å². The molecule has 0 fully saturated rings. The number of hydrogen-bond donors (Lipinski definition) is 1. The molecule has 0 saturated carbocycles. The first-order valence-electron chi connectivity index (χ1n) is 4.86. The summed E-state index contributed by atoms with van der Waals surface area (Å²) in [6, 6.07) is 7.99. The minimum Gasteiger partial charge on any atom is -0.452 e. The number of nitrogens with zero attached hydrogens (tertiary/aromatic N) is 1. The van der Waals surface area contributed by atoms with Crippen molar-refractivity contribution >= 4 is 34.8 Å². The summed E-state index contributed by atoms with van der Waals surface area (Å²) in [7, 11) is 0. The lowest BCUT2D eigenvalue weighted by Crippen LogP contribution is -2.11. The second-order valence-corrected chi connectivity index (χ2v) is 4.12. The SMILES string of the molecule is N#Cc1cc(NC(=O)c2ccoc2Cl)ccc1Cl. The van der Waals surface area contributed by atoms with Gasteiger partial charge in [-0.05, 0) is 35.9 Å². The summed E-state index contributed by atoms with van der Waals surface area (Å²) in [5.74, 6) is -0.417. The molecule has 0 aliphatic rings. The van der Waals surface area contributed by atoms with Crippen LogP contribution in [0, 0.1) is 11.3 Å². The van der Waals surface area contributed by atoms with E-state index in [2.05, 4.69) is 5.32 Å². The number of hydrogen-bond acceptors (Lipinski definition) is 3. The van der Waals surface area contributed by atoms with Crippen LogP contribution in [0.4, 0.5) is 5.69 Å². The molecule has 1 aromatic carbocycles. The normalized spacial score (nSPS) is 9.83. The van der Waals surface area contributed by atoms with Crippen molar-refractivity contribution in [1.29, 1.82) is 5.26 Å². The average Bonchev–Trinajstić information content (AvgIpc) is 2.78. The minimum atomic E-state index is -0.417. The monoisotopic (exact) mass is 280 g/mol. The van der Waals surface area contributed by atoms with Gasteiger partial charge in [0.05, 0.1) is 22.4 Å². The number of rotatable bonds is 2. The molecule has 2 aromatic rings. The highest BCUT2D eigenvalue weighted by Gasteiger charge is 2.13. The van der Waals surface area contributed by atoms with Gasteiger partial charge in [-0.15, -0.1) is 0 Å². The molecule has 1 amide bonds. The maximum Gasteiger partial charge on any atom is 0.260 e. The zero-order chi connectivity index (χ0) is 13.1. The van der Waals surface area contributed by atoms with Crippen molar-refractivity contribution in [2.24, 2.45) is 0 Å². The van der Waals surface area contributed by atoms with Gasteiger partial charge in [0.2, 0.25) is 5.22 Å². The highest BCUT2D eigenvalue weighted by molar-refractivity contribution is 6.33. The summed E-state index contributed by atoms with van der Waals surface area (Å²) in [5.41, 5.74) is 0.969. The molecule has 1 N–H and O–H groups in total. The van der Waals surface area contributed by atoms with E-state index in [0.717, 1.165) is 0 Å². The molecule has 4 nitrogen and oxygen atoms in total. The van der Waals surface area contributed by atoms with E-state index in [0.29, 0.717) is 10.7 Å². The molecular weight excluding hydrogens is 275 g/mol. The maximum absolute atomic E-state index is 11.8. The molecule has 0 spiro atoms. The van der Waals surface area contributed by atoms with E-state index in [1.807, 2.05) is 6.07 Å². The largest absolute Gasteiger partial charge is 0.452 e. The van der Waals surface area contributed by atoms with Crippen molar-refractivity contribution in [3.05, 3.63) is 51.9 Å². The van der Waals surface area contributed by atoms with Crippen LogP contribution in [-0.2, 0) is 0 Å². The highest BCUT2D eigenvalue weighted by Crippen LogP contribution is 2.22. The molecule has 6 heteroatoms. The Morgan fingerprint density at radius 2 is 2.11 bits per heavy atom. The number of nitriles is 1. The third-order valence-electron chi connectivity index (χ3n) is 2.21. The molecule has 1 heterocycles. The topological polar surface area (TPSA) is 66.0 Å². The molecule has 2 rings (SSSR count). The zero-order valence-electron chi connectivity index (χ0n) is 8.91. The Morgan fingerprint density at radius 3 is 2.72 bits per heavy atom. The van der Waals surface area contributed by atoms with Gasteiger partial charge in [0, 0.05) is 5.69 Å². The van der Waals surface area contributed by atoms with Crippen molar-refractivity contribution < 1.29 is 9.21 Å². The van der Waals surface area contributed by atoms with Gasteiger partial charge in [0.1, 0.15) is 6.07 Å². The summed E-state index contributed by atoms with van der Waals surface area (Å²) in [6.07, 6.45) is 1.32. The van der Waals surface area contributed by atoms with Crippen molar-refractivity contribution in [3.63, 3.8) is 0 Å². The van der Waals surface area contributed by atoms with Crippen LogP contribution in [0.1, 0.15) is 15.9 Å². The van der Waals surface area contributed by atoms with E-state index < -0.39 is 5.91 Å². The molecular formula is C12H6Cl2N2O2. The average molecular weight is 281 g/mol. The predicted octanol–water partition coefficient (Wildman–Crippen LogP) is 3.71. The quantitative estimate of drug-likeness (QED) is 0.912. The molecule has 18 heavy (non-hydrogen) atoms. The first-order chi connectivity index (χ1) is 8.61. The van der Waals surface area contributed by atoms with E-state index in [1.165, 1.54) is 24.5 Å². The van der Waals surface area contributed by atoms with Crippen LogP contribution in [-0.4, -0.2) is 5.91 Å². The molecule has 1 aromatic heterocycles. The fourth-order valence-corrected chi connectivity index (χ4v) is 1.70. The van der Waals surface area contributed by atoms with E-state index in [1.54, 1.807) is 6.07 Å². The fourth-order valence-electron chi connectivity index (χ4n) is 1.34. The highest BCUT2D eigenvalue weighted by atomic mass is 35.5. The van der Waals surface area contributed by atoms with E-state index in [-0.39, 0.29) is 16.3 Å². The second kappa shape index (κ2) is 5.13. The van der Waals surface area contributed by atoms with Crippen LogP contribution in [0.25, 0.3) is 0 Å². The number of carbonyl (C=O) groups is 1. The number of benzene rings is 1. The molecule has 0 radical (unpaired) electrons. The summed E-state index contributed by atoms with van der Waals surface area (Å²) in [4.78, 5) is 11.8. The summed E-state index contributed by atoms with van der Waals surface area (Å²) in [6.45, 7) is 0. The maximum atomic E-state index is 11.8. The van der Waals surface area contributed by atoms with Gasteiger partial charge in [-0.2, -0.15) is 5.26 Å². The molecule has 0 atom stereocenters. The standard InChI is InChI=1S/C12H6Cl2N2O2/c13-10-2-1-8(5-7(10)6-15)16-12(17)9-3-4-18-11(9)14/h1-5H,(H,16,17). The fraction of sp³-hybridized carbons (Fsp3) is 0. The third kappa shape index (κ3) is 2.48. The Labute approximate surface area is 113 Å². The molecule has 0 aliphatic carbocycles. The Bertz CT molecular complexity index is 644. The molecule has 0 bridgehead atoms. The van der Waals surface area contributed by atoms with Crippen LogP contribution in [0.2, 0.25) is 10.2 Å². The Hall–Kier alpha value is -1.96. The van der Waals surface area contributed by atoms with Crippen molar-refractivity contribution in [1.82, 2.24) is 0 Å². The van der Waals surface area contributed by atoms with E-state index >= 15 is 0 Å². The number of nitrogens with one attached hydrogen (secondary N) is 1. The molecule has 0 aliphatic heterocycles. The summed E-state index contributed by atoms with van der Waals surface area (Å²) in [5, 5.41) is 11.8. The molecule has 0 saturated heterocycles. The number of halogens is 2. The lowest BCUT2D eigenvalue weighted by Gasteiger charge is -2.04. The first-order valence-corrected chi connectivity index (χ1v) is 5.61. The smallest absolute Gasteiger partial charge is 0.260 e. The number of furan rings is 1. The lowest BCUT2D eigenvalue weighted by atomic mass is 10.2. The number of anilines is 1. The Morgan fingerprint density at radius 1 is 1.33 bits per heavy atom. The Kier molecular flexibility index (Phi) is 3.56. The molecule has 0 unspecified atom stereocenters. The Balaban J connectivity index is 2.23. The van der Waals surface area contributed by atoms with Crippen LogP contribution in [0.15, 0.2) is 34.9 Å². The van der Waals surface area contributed by atoms with Crippen LogP contribution < -0.4 is 5.32 Å². The van der Waals surface area contributed by atoms with Gasteiger partial charge in [-0.1, -0.05) is 11.6 Å². The third-order valence-corrected chi connectivity index (χ3v) is 2.83. The lowest BCUT2D eigenvalue weighted by molar-refractivity contribution is 0.102. The molecule has 90 valence electrons. The van der Waals surface area contributed by atoms with Gasteiger partial charge in [0.25, 0.3) is 5.91 Å². The van der Waals surface area contributed by atoms with Gasteiger partial charge < -0.3 is 9.73 Å². The summed E-state index contributed by atoms with van der Waals surface area (Å²) >= 11 is 11.5. The number of carbonyl (C=O) groups excluding carboxylic acids is 1. The second-order valence-electron chi connectivity index (χ2n) is 3.37. The van der Waals surface area contributed by atoms with Gasteiger partial charge in [-0.25, -0.2) is 0 Å². The predicted molar refractivity (Wildman–Crippen MR) is 67.8 cm³/mol. The van der Waals surface area contributed by atoms with Gasteiger partial charge in [0.15, 0.2) is 0 Å². The van der Waals surface area contributed by atoms with Crippen molar-refractivity contribution in [2.45, 2.75) is 0 Å².